The lowest BCUT2D eigenvalue weighted by atomic mass is 9.97. The Bertz CT molecular complexity index is 593. The maximum Gasteiger partial charge on any atom is 0.191 e. The molecule has 1 atom stereocenters. The van der Waals surface area contributed by atoms with Crippen LogP contribution in [0.2, 0.25) is 0 Å². The van der Waals surface area contributed by atoms with Crippen LogP contribution in [0.3, 0.4) is 0 Å². The number of aliphatic imine (C=N–C) groups is 1. The highest BCUT2D eigenvalue weighted by Gasteiger charge is 2.29. The number of likely N-dealkylation sites (tertiary alicyclic amines) is 1. The summed E-state index contributed by atoms with van der Waals surface area (Å²) >= 11 is 3.84. The van der Waals surface area contributed by atoms with Gasteiger partial charge in [0.2, 0.25) is 0 Å². The fraction of sp³-hybridized carbons (Fsp3) is 0.789. The maximum absolute atomic E-state index is 4.59. The van der Waals surface area contributed by atoms with E-state index >= 15 is 0 Å². The Labute approximate surface area is 189 Å². The predicted octanol–water partition coefficient (Wildman–Crippen LogP) is 3.73. The van der Waals surface area contributed by atoms with E-state index in [1.807, 2.05) is 7.05 Å². The Morgan fingerprint density at radius 2 is 2.15 bits per heavy atom. The standard InChI is InChI=1S/C19H33N5S2.HI/c1-15-23-17(13-25-15)12-24-8-5-16(6-9-24)11-21-18(20-3)22-14-19(2)7-4-10-26-19;/h13,16H,4-12,14H2,1-3H3,(H2,20,21,22);1H. The minimum Gasteiger partial charge on any atom is -0.356 e. The van der Waals surface area contributed by atoms with E-state index in [9.17, 15) is 0 Å². The number of thioether (sulfide) groups is 1. The van der Waals surface area contributed by atoms with Crippen molar-refractivity contribution >= 4 is 53.0 Å². The Hall–Kier alpha value is -0.0600. The molecule has 5 nitrogen and oxygen atoms in total. The van der Waals surface area contributed by atoms with Gasteiger partial charge in [0.05, 0.1) is 10.7 Å². The summed E-state index contributed by atoms with van der Waals surface area (Å²) in [6.45, 7) is 9.82. The van der Waals surface area contributed by atoms with E-state index in [2.05, 4.69) is 56.5 Å². The van der Waals surface area contributed by atoms with Gasteiger partial charge in [-0.05, 0) is 64.3 Å². The minimum atomic E-state index is 0. The van der Waals surface area contributed by atoms with Crippen molar-refractivity contribution in [3.8, 4) is 0 Å². The summed E-state index contributed by atoms with van der Waals surface area (Å²) in [5.74, 6) is 2.99. The number of hydrogen-bond donors (Lipinski definition) is 2. The molecule has 0 amide bonds. The van der Waals surface area contributed by atoms with Gasteiger partial charge in [-0.1, -0.05) is 0 Å². The number of aryl methyl sites for hydroxylation is 1. The summed E-state index contributed by atoms with van der Waals surface area (Å²) in [5.41, 5.74) is 1.23. The molecule has 0 radical (unpaired) electrons. The zero-order valence-electron chi connectivity index (χ0n) is 16.8. The summed E-state index contributed by atoms with van der Waals surface area (Å²) in [5, 5.41) is 10.4. The first-order chi connectivity index (χ1) is 12.6. The fourth-order valence-corrected chi connectivity index (χ4v) is 5.62. The summed E-state index contributed by atoms with van der Waals surface area (Å²) in [6, 6.07) is 0. The highest BCUT2D eigenvalue weighted by Crippen LogP contribution is 2.36. The molecule has 3 heterocycles. The molecule has 8 heteroatoms. The van der Waals surface area contributed by atoms with E-state index in [0.717, 1.165) is 31.5 Å². The van der Waals surface area contributed by atoms with Crippen molar-refractivity contribution in [3.05, 3.63) is 16.1 Å². The lowest BCUT2D eigenvalue weighted by Gasteiger charge is -2.32. The normalized spacial score (nSPS) is 24.6. The lowest BCUT2D eigenvalue weighted by Crippen LogP contribution is -2.46. The average Bonchev–Trinajstić information content (AvgIpc) is 3.25. The molecule has 0 bridgehead atoms. The lowest BCUT2D eigenvalue weighted by molar-refractivity contribution is 0.176. The van der Waals surface area contributed by atoms with E-state index in [1.165, 1.54) is 55.2 Å². The van der Waals surface area contributed by atoms with E-state index in [4.69, 9.17) is 0 Å². The van der Waals surface area contributed by atoms with Gasteiger partial charge in [-0.25, -0.2) is 4.98 Å². The monoisotopic (exact) mass is 523 g/mol. The molecule has 27 heavy (non-hydrogen) atoms. The largest absolute Gasteiger partial charge is 0.356 e. The van der Waals surface area contributed by atoms with Gasteiger partial charge in [0.25, 0.3) is 0 Å². The molecule has 2 N–H and O–H groups in total. The molecule has 1 unspecified atom stereocenters. The van der Waals surface area contributed by atoms with Gasteiger partial charge >= 0.3 is 0 Å². The van der Waals surface area contributed by atoms with Crippen LogP contribution in [0.5, 0.6) is 0 Å². The topological polar surface area (TPSA) is 52.6 Å². The maximum atomic E-state index is 4.59. The van der Waals surface area contributed by atoms with Crippen LogP contribution >= 0.6 is 47.1 Å². The molecule has 2 fully saturated rings. The van der Waals surface area contributed by atoms with Gasteiger partial charge in [0, 0.05) is 36.8 Å². The number of rotatable bonds is 6. The van der Waals surface area contributed by atoms with Gasteiger partial charge in [-0.15, -0.1) is 35.3 Å². The molecule has 0 aliphatic carbocycles. The van der Waals surface area contributed by atoms with Crippen molar-refractivity contribution in [1.29, 1.82) is 0 Å². The van der Waals surface area contributed by atoms with Crippen molar-refractivity contribution in [2.75, 3.05) is 39.0 Å². The first kappa shape index (κ1) is 23.2. The minimum absolute atomic E-state index is 0. The number of aromatic nitrogens is 1. The number of halogens is 1. The van der Waals surface area contributed by atoms with Crippen molar-refractivity contribution in [2.45, 2.75) is 50.8 Å². The SMILES string of the molecule is CN=C(NCC1CCN(Cc2csc(C)n2)CC1)NCC1(C)CCCS1.I. The first-order valence-corrected chi connectivity index (χ1v) is 11.6. The third kappa shape index (κ3) is 7.36. The van der Waals surface area contributed by atoms with Crippen LogP contribution in [-0.4, -0.2) is 59.6 Å². The highest BCUT2D eigenvalue weighted by atomic mass is 127. The second-order valence-corrected chi connectivity index (χ2v) is 10.5. The Morgan fingerprint density at radius 1 is 1.37 bits per heavy atom. The molecule has 1 aromatic rings. The van der Waals surface area contributed by atoms with Crippen LogP contribution in [-0.2, 0) is 6.54 Å². The average molecular weight is 524 g/mol. The summed E-state index contributed by atoms with van der Waals surface area (Å²) in [6.07, 6.45) is 5.15. The first-order valence-electron chi connectivity index (χ1n) is 9.78. The number of thiazole rings is 1. The molecule has 3 rings (SSSR count). The second-order valence-electron chi connectivity index (χ2n) is 7.79. The van der Waals surface area contributed by atoms with Crippen LogP contribution in [0.1, 0.15) is 43.3 Å². The Balaban J connectivity index is 0.00000261. The van der Waals surface area contributed by atoms with Crippen molar-refractivity contribution < 1.29 is 0 Å². The number of guanidine groups is 1. The predicted molar refractivity (Wildman–Crippen MR) is 130 cm³/mol. The molecule has 2 saturated heterocycles. The summed E-state index contributed by atoms with van der Waals surface area (Å²) < 4.78 is 0.372. The Kier molecular flexibility index (Phi) is 9.64. The number of nitrogens with one attached hydrogen (secondary N) is 2. The van der Waals surface area contributed by atoms with E-state index < -0.39 is 0 Å². The van der Waals surface area contributed by atoms with Gasteiger partial charge in [-0.3, -0.25) is 9.89 Å². The molecule has 0 spiro atoms. The highest BCUT2D eigenvalue weighted by molar-refractivity contribution is 14.0. The number of hydrogen-bond acceptors (Lipinski definition) is 5. The Morgan fingerprint density at radius 3 is 2.74 bits per heavy atom. The van der Waals surface area contributed by atoms with E-state index in [-0.39, 0.29) is 24.0 Å². The van der Waals surface area contributed by atoms with Crippen LogP contribution < -0.4 is 10.6 Å². The third-order valence-electron chi connectivity index (χ3n) is 5.47. The van der Waals surface area contributed by atoms with Crippen LogP contribution in [0.15, 0.2) is 10.4 Å². The summed E-state index contributed by atoms with van der Waals surface area (Å²) in [4.78, 5) is 11.5. The number of nitrogens with zero attached hydrogens (tertiary/aromatic N) is 3. The van der Waals surface area contributed by atoms with E-state index in [0.29, 0.717) is 4.75 Å². The quantitative estimate of drug-likeness (QED) is 0.338. The van der Waals surface area contributed by atoms with E-state index in [1.54, 1.807) is 11.3 Å². The van der Waals surface area contributed by atoms with Gasteiger partial charge in [-0.2, -0.15) is 11.8 Å². The summed E-state index contributed by atoms with van der Waals surface area (Å²) in [7, 11) is 1.87. The molecule has 0 aromatic carbocycles. The molecule has 154 valence electrons. The van der Waals surface area contributed by atoms with Crippen LogP contribution in [0.25, 0.3) is 0 Å². The smallest absolute Gasteiger partial charge is 0.191 e. The van der Waals surface area contributed by atoms with Gasteiger partial charge in [0.1, 0.15) is 0 Å². The van der Waals surface area contributed by atoms with Crippen LogP contribution in [0, 0.1) is 12.8 Å². The zero-order valence-corrected chi connectivity index (χ0v) is 20.8. The number of piperidine rings is 1. The van der Waals surface area contributed by atoms with Gasteiger partial charge in [0.15, 0.2) is 5.96 Å². The van der Waals surface area contributed by atoms with Crippen molar-refractivity contribution in [3.63, 3.8) is 0 Å². The molecule has 2 aliphatic rings. The molecular formula is C19H34IN5S2. The second kappa shape index (κ2) is 11.2. The molecule has 0 saturated carbocycles. The molecule has 1 aromatic heterocycles. The molecule has 2 aliphatic heterocycles. The third-order valence-corrected chi connectivity index (χ3v) is 7.83. The molecular weight excluding hydrogens is 489 g/mol. The zero-order chi connectivity index (χ0) is 18.4. The van der Waals surface area contributed by atoms with Crippen molar-refractivity contribution in [2.24, 2.45) is 10.9 Å². The van der Waals surface area contributed by atoms with Crippen LogP contribution in [0.4, 0.5) is 0 Å². The van der Waals surface area contributed by atoms with Crippen molar-refractivity contribution in [1.82, 2.24) is 20.5 Å². The van der Waals surface area contributed by atoms with Gasteiger partial charge < -0.3 is 10.6 Å². The fourth-order valence-electron chi connectivity index (χ4n) is 3.77.